The minimum atomic E-state index is 0.524. The van der Waals surface area contributed by atoms with Crippen molar-refractivity contribution in [1.82, 2.24) is 0 Å². The van der Waals surface area contributed by atoms with E-state index in [0.717, 1.165) is 35.9 Å². The fourth-order valence-corrected chi connectivity index (χ4v) is 2.31. The predicted molar refractivity (Wildman–Crippen MR) is 81.7 cm³/mol. The first kappa shape index (κ1) is 14.0. The first-order valence-electron chi connectivity index (χ1n) is 7.52. The first-order chi connectivity index (χ1) is 9.24. The van der Waals surface area contributed by atoms with Gasteiger partial charge in [0, 0.05) is 6.04 Å². The molecule has 1 aromatic carbocycles. The molecule has 0 spiro atoms. The van der Waals surface area contributed by atoms with Crippen LogP contribution in [0.25, 0.3) is 0 Å². The maximum Gasteiger partial charge on any atom is 0.144 e. The maximum absolute atomic E-state index is 6.19. The van der Waals surface area contributed by atoms with E-state index in [1.54, 1.807) is 0 Å². The fourth-order valence-electron chi connectivity index (χ4n) is 2.31. The molecule has 0 aliphatic heterocycles. The Labute approximate surface area is 116 Å². The molecule has 3 N–H and O–H groups in total. The number of para-hydroxylation sites is 1. The monoisotopic (exact) mass is 262 g/mol. The fraction of sp³-hybridized carbons (Fsp3) is 0.625. The number of anilines is 2. The van der Waals surface area contributed by atoms with Crippen molar-refractivity contribution in [3.05, 3.63) is 18.2 Å². The molecule has 1 atom stereocenters. The average Bonchev–Trinajstić information content (AvgIpc) is 3.22. The van der Waals surface area contributed by atoms with E-state index in [2.05, 4.69) is 19.2 Å². The van der Waals surface area contributed by atoms with E-state index in [4.69, 9.17) is 10.5 Å². The van der Waals surface area contributed by atoms with Crippen LogP contribution in [-0.4, -0.2) is 12.6 Å². The quantitative estimate of drug-likeness (QED) is 0.695. The van der Waals surface area contributed by atoms with Gasteiger partial charge < -0.3 is 15.8 Å². The van der Waals surface area contributed by atoms with Gasteiger partial charge in [-0.05, 0) is 37.3 Å². The number of nitrogen functional groups attached to an aromatic ring is 1. The van der Waals surface area contributed by atoms with Crippen molar-refractivity contribution in [1.29, 1.82) is 0 Å². The zero-order valence-electron chi connectivity index (χ0n) is 12.1. The number of hydrogen-bond donors (Lipinski definition) is 2. The number of ether oxygens (including phenoxy) is 1. The van der Waals surface area contributed by atoms with Crippen molar-refractivity contribution in [3.8, 4) is 5.75 Å². The molecule has 0 radical (unpaired) electrons. The molecule has 0 aromatic heterocycles. The second-order valence-electron chi connectivity index (χ2n) is 5.49. The van der Waals surface area contributed by atoms with Crippen molar-refractivity contribution in [2.75, 3.05) is 17.7 Å². The van der Waals surface area contributed by atoms with Crippen LogP contribution in [0.4, 0.5) is 11.4 Å². The highest BCUT2D eigenvalue weighted by Gasteiger charge is 2.25. The number of nitrogens with two attached hydrogens (primary N) is 1. The Morgan fingerprint density at radius 3 is 2.79 bits per heavy atom. The van der Waals surface area contributed by atoms with Gasteiger partial charge in [0.15, 0.2) is 0 Å². The van der Waals surface area contributed by atoms with Crippen LogP contribution in [0.3, 0.4) is 0 Å². The van der Waals surface area contributed by atoms with Crippen LogP contribution in [0, 0.1) is 5.92 Å². The summed E-state index contributed by atoms with van der Waals surface area (Å²) in [6.45, 7) is 5.04. The van der Waals surface area contributed by atoms with Crippen LogP contribution < -0.4 is 15.8 Å². The number of hydrogen-bond acceptors (Lipinski definition) is 3. The molecule has 0 amide bonds. The molecule has 1 aromatic rings. The highest BCUT2D eigenvalue weighted by molar-refractivity contribution is 5.73. The van der Waals surface area contributed by atoms with E-state index in [9.17, 15) is 0 Å². The van der Waals surface area contributed by atoms with Gasteiger partial charge in [0.05, 0.1) is 18.0 Å². The molecule has 1 aliphatic rings. The molecule has 1 saturated carbocycles. The van der Waals surface area contributed by atoms with Gasteiger partial charge in [0.1, 0.15) is 5.75 Å². The largest absolute Gasteiger partial charge is 0.491 e. The van der Waals surface area contributed by atoms with Crippen LogP contribution in [-0.2, 0) is 0 Å². The second-order valence-corrected chi connectivity index (χ2v) is 5.49. The van der Waals surface area contributed by atoms with Crippen molar-refractivity contribution in [2.24, 2.45) is 5.92 Å². The third-order valence-electron chi connectivity index (χ3n) is 3.70. The van der Waals surface area contributed by atoms with Crippen LogP contribution in [0.5, 0.6) is 5.75 Å². The van der Waals surface area contributed by atoms with Crippen molar-refractivity contribution in [3.63, 3.8) is 0 Å². The normalized spacial score (nSPS) is 16.1. The van der Waals surface area contributed by atoms with Gasteiger partial charge in [0.2, 0.25) is 0 Å². The molecule has 3 nitrogen and oxygen atoms in total. The Bertz CT molecular complexity index is 402. The zero-order chi connectivity index (χ0) is 13.7. The Morgan fingerprint density at radius 2 is 2.16 bits per heavy atom. The Balaban J connectivity index is 2.01. The van der Waals surface area contributed by atoms with E-state index in [1.165, 1.54) is 19.3 Å². The standard InChI is InChI=1S/C16H26N2O/c1-3-10-19-15-7-5-6-14(16(15)17)18-13(4-2)11-12-8-9-12/h5-7,12-13,18H,3-4,8-11,17H2,1-2H3. The molecule has 2 rings (SSSR count). The van der Waals surface area contributed by atoms with Crippen molar-refractivity contribution in [2.45, 2.75) is 52.0 Å². The van der Waals surface area contributed by atoms with E-state index in [0.29, 0.717) is 12.6 Å². The minimum Gasteiger partial charge on any atom is -0.491 e. The Morgan fingerprint density at radius 1 is 1.37 bits per heavy atom. The molecule has 0 bridgehead atoms. The van der Waals surface area contributed by atoms with Crippen LogP contribution in [0.15, 0.2) is 18.2 Å². The molecule has 0 saturated heterocycles. The predicted octanol–water partition coefficient (Wildman–Crippen LogP) is 4.05. The van der Waals surface area contributed by atoms with E-state index in [1.807, 2.05) is 18.2 Å². The number of rotatable bonds is 8. The molecule has 0 heterocycles. The molecule has 19 heavy (non-hydrogen) atoms. The van der Waals surface area contributed by atoms with Gasteiger partial charge >= 0.3 is 0 Å². The average molecular weight is 262 g/mol. The molecule has 106 valence electrons. The van der Waals surface area contributed by atoms with E-state index >= 15 is 0 Å². The summed E-state index contributed by atoms with van der Waals surface area (Å²) in [7, 11) is 0. The second kappa shape index (κ2) is 6.69. The van der Waals surface area contributed by atoms with Gasteiger partial charge in [0.25, 0.3) is 0 Å². The van der Waals surface area contributed by atoms with E-state index in [-0.39, 0.29) is 0 Å². The molecule has 1 unspecified atom stereocenters. The topological polar surface area (TPSA) is 47.3 Å². The van der Waals surface area contributed by atoms with Crippen molar-refractivity contribution >= 4 is 11.4 Å². The summed E-state index contributed by atoms with van der Waals surface area (Å²) in [6, 6.07) is 6.52. The number of nitrogens with one attached hydrogen (secondary N) is 1. The summed E-state index contributed by atoms with van der Waals surface area (Å²) >= 11 is 0. The lowest BCUT2D eigenvalue weighted by atomic mass is 10.1. The van der Waals surface area contributed by atoms with Crippen molar-refractivity contribution < 1.29 is 4.74 Å². The van der Waals surface area contributed by atoms with Crippen LogP contribution in [0.1, 0.15) is 46.0 Å². The molecule has 3 heteroatoms. The zero-order valence-corrected chi connectivity index (χ0v) is 12.1. The summed E-state index contributed by atoms with van der Waals surface area (Å²) in [6.07, 6.45) is 6.18. The van der Waals surface area contributed by atoms with Crippen LogP contribution >= 0.6 is 0 Å². The summed E-state index contributed by atoms with van der Waals surface area (Å²) in [4.78, 5) is 0. The Kier molecular flexibility index (Phi) is 4.94. The summed E-state index contributed by atoms with van der Waals surface area (Å²) in [5.41, 5.74) is 7.94. The lowest BCUT2D eigenvalue weighted by molar-refractivity contribution is 0.319. The molecular formula is C16H26N2O. The third-order valence-corrected chi connectivity index (χ3v) is 3.70. The van der Waals surface area contributed by atoms with Gasteiger partial charge in [-0.15, -0.1) is 0 Å². The third kappa shape index (κ3) is 4.05. The molecular weight excluding hydrogens is 236 g/mol. The molecule has 1 fully saturated rings. The first-order valence-corrected chi connectivity index (χ1v) is 7.52. The highest BCUT2D eigenvalue weighted by Crippen LogP contribution is 2.36. The highest BCUT2D eigenvalue weighted by atomic mass is 16.5. The molecule has 1 aliphatic carbocycles. The lowest BCUT2D eigenvalue weighted by Crippen LogP contribution is -2.20. The van der Waals surface area contributed by atoms with Crippen LogP contribution in [0.2, 0.25) is 0 Å². The Hall–Kier alpha value is -1.38. The minimum absolute atomic E-state index is 0.524. The summed E-state index contributed by atoms with van der Waals surface area (Å²) in [5.74, 6) is 1.73. The lowest BCUT2D eigenvalue weighted by Gasteiger charge is -2.20. The maximum atomic E-state index is 6.19. The van der Waals surface area contributed by atoms with Gasteiger partial charge in [-0.3, -0.25) is 0 Å². The summed E-state index contributed by atoms with van der Waals surface area (Å²) < 4.78 is 5.67. The summed E-state index contributed by atoms with van der Waals surface area (Å²) in [5, 5.41) is 3.58. The van der Waals surface area contributed by atoms with Gasteiger partial charge in [-0.1, -0.05) is 32.8 Å². The number of benzene rings is 1. The van der Waals surface area contributed by atoms with E-state index < -0.39 is 0 Å². The van der Waals surface area contributed by atoms with Gasteiger partial charge in [-0.25, -0.2) is 0 Å². The SMILES string of the molecule is CCCOc1cccc(NC(CC)CC2CC2)c1N. The van der Waals surface area contributed by atoms with Gasteiger partial charge in [-0.2, -0.15) is 0 Å². The smallest absolute Gasteiger partial charge is 0.144 e.